The molecule has 1 unspecified atom stereocenters. The summed E-state index contributed by atoms with van der Waals surface area (Å²) >= 11 is 5.80. The van der Waals surface area contributed by atoms with Crippen molar-refractivity contribution in [1.82, 2.24) is 4.90 Å². The van der Waals surface area contributed by atoms with Gasteiger partial charge < -0.3 is 4.90 Å². The number of hydrogen-bond acceptors (Lipinski definition) is 2. The molecule has 4 heteroatoms. The maximum atomic E-state index is 12.2. The van der Waals surface area contributed by atoms with Crippen LogP contribution < -0.4 is 0 Å². The molecular weight excluding hydrogens is 248 g/mol. The van der Waals surface area contributed by atoms with Crippen LogP contribution in [0.15, 0.2) is 24.3 Å². The maximum absolute atomic E-state index is 12.2. The third-order valence-corrected chi connectivity index (χ3v) is 3.49. The molecule has 1 aliphatic heterocycles. The van der Waals surface area contributed by atoms with Crippen LogP contribution in [-0.4, -0.2) is 23.4 Å². The molecule has 1 saturated heterocycles. The Balaban J connectivity index is 2.02. The van der Waals surface area contributed by atoms with Crippen LogP contribution in [0.25, 0.3) is 0 Å². The topological polar surface area (TPSA) is 44.1 Å². The van der Waals surface area contributed by atoms with Crippen LogP contribution in [-0.2, 0) is 11.2 Å². The van der Waals surface area contributed by atoms with Gasteiger partial charge in [0.25, 0.3) is 0 Å². The number of piperidine rings is 1. The van der Waals surface area contributed by atoms with Gasteiger partial charge in [-0.3, -0.25) is 4.79 Å². The predicted molar refractivity (Wildman–Crippen MR) is 70.1 cm³/mol. The van der Waals surface area contributed by atoms with Crippen LogP contribution in [0.4, 0.5) is 0 Å². The number of nitrogens with zero attached hydrogens (tertiary/aromatic N) is 2. The minimum absolute atomic E-state index is 0.0311. The van der Waals surface area contributed by atoms with E-state index in [-0.39, 0.29) is 11.9 Å². The van der Waals surface area contributed by atoms with Crippen LogP contribution in [0.1, 0.15) is 24.8 Å². The van der Waals surface area contributed by atoms with Crippen molar-refractivity contribution < 1.29 is 4.79 Å². The van der Waals surface area contributed by atoms with E-state index in [1.807, 2.05) is 12.1 Å². The van der Waals surface area contributed by atoms with Gasteiger partial charge in [0.1, 0.15) is 6.04 Å². The molecule has 94 valence electrons. The number of benzene rings is 1. The Kier molecular flexibility index (Phi) is 4.22. The van der Waals surface area contributed by atoms with Gasteiger partial charge in [-0.05, 0) is 37.0 Å². The highest BCUT2D eigenvalue weighted by Crippen LogP contribution is 2.18. The van der Waals surface area contributed by atoms with Crippen LogP contribution in [0.5, 0.6) is 0 Å². The number of rotatable bonds is 2. The largest absolute Gasteiger partial charge is 0.326 e. The molecule has 0 aliphatic carbocycles. The van der Waals surface area contributed by atoms with E-state index in [4.69, 9.17) is 16.9 Å². The summed E-state index contributed by atoms with van der Waals surface area (Å²) in [5, 5.41) is 9.72. The van der Waals surface area contributed by atoms with Crippen molar-refractivity contribution in [2.45, 2.75) is 31.7 Å². The molecular formula is C14H15ClN2O. The molecule has 1 fully saturated rings. The van der Waals surface area contributed by atoms with Crippen LogP contribution >= 0.6 is 11.6 Å². The second-order valence-electron chi connectivity index (χ2n) is 4.53. The summed E-state index contributed by atoms with van der Waals surface area (Å²) < 4.78 is 0. The third kappa shape index (κ3) is 3.02. The zero-order chi connectivity index (χ0) is 13.0. The highest BCUT2D eigenvalue weighted by molar-refractivity contribution is 6.30. The Morgan fingerprint density at radius 2 is 2.11 bits per heavy atom. The fourth-order valence-electron chi connectivity index (χ4n) is 2.24. The first-order valence-electron chi connectivity index (χ1n) is 6.14. The fraction of sp³-hybridized carbons (Fsp3) is 0.429. The van der Waals surface area contributed by atoms with Crippen molar-refractivity contribution in [3.63, 3.8) is 0 Å². The highest BCUT2D eigenvalue weighted by atomic mass is 35.5. The molecule has 0 bridgehead atoms. The van der Waals surface area contributed by atoms with Crippen molar-refractivity contribution in [3.05, 3.63) is 34.9 Å². The summed E-state index contributed by atoms with van der Waals surface area (Å²) in [5.41, 5.74) is 0.937. The molecule has 1 aromatic carbocycles. The number of carbonyl (C=O) groups is 1. The lowest BCUT2D eigenvalue weighted by molar-refractivity contribution is -0.132. The molecule has 0 radical (unpaired) electrons. The molecule has 1 aromatic rings. The van der Waals surface area contributed by atoms with Crippen molar-refractivity contribution >= 4 is 17.5 Å². The van der Waals surface area contributed by atoms with Crippen molar-refractivity contribution in [2.75, 3.05) is 6.54 Å². The predicted octanol–water partition coefficient (Wildman–Crippen LogP) is 2.79. The SMILES string of the molecule is N#CC1CCCCN1C(=O)Cc1ccc(Cl)cc1. The standard InChI is InChI=1S/C14H15ClN2O/c15-12-6-4-11(5-7-12)9-14(18)17-8-2-1-3-13(17)10-16/h4-7,13H,1-3,8-9H2. The summed E-state index contributed by atoms with van der Waals surface area (Å²) in [5.74, 6) is 0.0311. The smallest absolute Gasteiger partial charge is 0.228 e. The van der Waals surface area contributed by atoms with Gasteiger partial charge in [0.05, 0.1) is 12.5 Å². The van der Waals surface area contributed by atoms with E-state index in [2.05, 4.69) is 6.07 Å². The fourth-order valence-corrected chi connectivity index (χ4v) is 2.37. The Labute approximate surface area is 112 Å². The second-order valence-corrected chi connectivity index (χ2v) is 4.97. The minimum atomic E-state index is -0.251. The van der Waals surface area contributed by atoms with E-state index < -0.39 is 0 Å². The molecule has 3 nitrogen and oxygen atoms in total. The molecule has 18 heavy (non-hydrogen) atoms. The van der Waals surface area contributed by atoms with Crippen molar-refractivity contribution in [3.8, 4) is 6.07 Å². The lowest BCUT2D eigenvalue weighted by Crippen LogP contribution is -2.43. The lowest BCUT2D eigenvalue weighted by Gasteiger charge is -2.31. The van der Waals surface area contributed by atoms with Gasteiger partial charge in [0.2, 0.25) is 5.91 Å². The van der Waals surface area contributed by atoms with Gasteiger partial charge in [-0.25, -0.2) is 0 Å². The second kappa shape index (κ2) is 5.88. The average molecular weight is 263 g/mol. The van der Waals surface area contributed by atoms with Gasteiger partial charge in [-0.2, -0.15) is 5.26 Å². The Morgan fingerprint density at radius 3 is 2.78 bits per heavy atom. The lowest BCUT2D eigenvalue weighted by atomic mass is 10.0. The molecule has 0 N–H and O–H groups in total. The van der Waals surface area contributed by atoms with E-state index in [1.54, 1.807) is 17.0 Å². The van der Waals surface area contributed by atoms with Crippen LogP contribution in [0, 0.1) is 11.3 Å². The molecule has 0 saturated carbocycles. The van der Waals surface area contributed by atoms with Crippen LogP contribution in [0.2, 0.25) is 5.02 Å². The van der Waals surface area contributed by atoms with E-state index in [0.29, 0.717) is 18.0 Å². The van der Waals surface area contributed by atoms with Gasteiger partial charge in [0, 0.05) is 11.6 Å². The summed E-state index contributed by atoms with van der Waals surface area (Å²) in [6.07, 6.45) is 3.16. The number of hydrogen-bond donors (Lipinski definition) is 0. The number of carbonyl (C=O) groups excluding carboxylic acids is 1. The van der Waals surface area contributed by atoms with Gasteiger partial charge >= 0.3 is 0 Å². The van der Waals surface area contributed by atoms with E-state index >= 15 is 0 Å². The highest BCUT2D eigenvalue weighted by Gasteiger charge is 2.26. The quantitative estimate of drug-likeness (QED) is 0.823. The van der Waals surface area contributed by atoms with Gasteiger partial charge in [-0.1, -0.05) is 23.7 Å². The van der Waals surface area contributed by atoms with E-state index in [9.17, 15) is 4.79 Å². The summed E-state index contributed by atoms with van der Waals surface area (Å²) in [6.45, 7) is 0.699. The van der Waals surface area contributed by atoms with Crippen LogP contribution in [0.3, 0.4) is 0 Å². The van der Waals surface area contributed by atoms with Crippen molar-refractivity contribution in [1.29, 1.82) is 5.26 Å². The van der Waals surface area contributed by atoms with Gasteiger partial charge in [-0.15, -0.1) is 0 Å². The average Bonchev–Trinajstić information content (AvgIpc) is 2.41. The molecule has 0 spiro atoms. The third-order valence-electron chi connectivity index (χ3n) is 3.24. The Hall–Kier alpha value is -1.53. The zero-order valence-electron chi connectivity index (χ0n) is 10.1. The number of nitriles is 1. The molecule has 1 amide bonds. The monoisotopic (exact) mass is 262 g/mol. The molecule has 0 aromatic heterocycles. The van der Waals surface area contributed by atoms with Gasteiger partial charge in [0.15, 0.2) is 0 Å². The first-order chi connectivity index (χ1) is 8.70. The number of halogens is 1. The first kappa shape index (κ1) is 12.9. The summed E-state index contributed by atoms with van der Waals surface area (Å²) in [6, 6.07) is 9.23. The normalized spacial score (nSPS) is 19.3. The number of amides is 1. The molecule has 1 atom stereocenters. The molecule has 1 aliphatic rings. The summed E-state index contributed by atoms with van der Waals surface area (Å²) in [4.78, 5) is 13.9. The van der Waals surface area contributed by atoms with E-state index in [0.717, 1.165) is 24.8 Å². The molecule has 2 rings (SSSR count). The zero-order valence-corrected chi connectivity index (χ0v) is 10.9. The summed E-state index contributed by atoms with van der Waals surface area (Å²) in [7, 11) is 0. The van der Waals surface area contributed by atoms with Crippen molar-refractivity contribution in [2.24, 2.45) is 0 Å². The Bertz CT molecular complexity index is 464. The maximum Gasteiger partial charge on any atom is 0.228 e. The first-order valence-corrected chi connectivity index (χ1v) is 6.52. The molecule has 1 heterocycles. The number of likely N-dealkylation sites (tertiary alicyclic amines) is 1. The minimum Gasteiger partial charge on any atom is -0.326 e. The van der Waals surface area contributed by atoms with E-state index in [1.165, 1.54) is 0 Å². The Morgan fingerprint density at radius 1 is 1.39 bits per heavy atom.